The second-order valence-electron chi connectivity index (χ2n) is 5.74. The average Bonchev–Trinajstić information content (AvgIpc) is 2.18. The molecule has 1 unspecified atom stereocenters. The van der Waals surface area contributed by atoms with Gasteiger partial charge in [-0.15, -0.1) is 0 Å². The maximum absolute atomic E-state index is 11.5. The molecule has 1 aliphatic carbocycles. The van der Waals surface area contributed by atoms with Crippen molar-refractivity contribution in [1.29, 1.82) is 0 Å². The number of carbonyl (C=O) groups excluding carboxylic acids is 2. The van der Waals surface area contributed by atoms with Gasteiger partial charge in [-0.25, -0.2) is 0 Å². The maximum Gasteiger partial charge on any atom is 0.302 e. The van der Waals surface area contributed by atoms with E-state index in [9.17, 15) is 9.59 Å². The highest BCUT2D eigenvalue weighted by Gasteiger charge is 2.38. The molecule has 0 bridgehead atoms. The molecule has 0 radical (unpaired) electrons. The molecule has 0 N–H and O–H groups in total. The lowest BCUT2D eigenvalue weighted by molar-refractivity contribution is -0.142. The fourth-order valence-corrected chi connectivity index (χ4v) is 4.61. The number of hydrogen-bond acceptors (Lipinski definition) is 3. The summed E-state index contributed by atoms with van der Waals surface area (Å²) < 4.78 is 5.12. The van der Waals surface area contributed by atoms with Crippen LogP contribution in [0.5, 0.6) is 0 Å². The van der Waals surface area contributed by atoms with Crippen LogP contribution in [-0.2, 0) is 14.3 Å². The average molecular weight is 252 g/mol. The van der Waals surface area contributed by atoms with Crippen LogP contribution in [-0.4, -0.2) is 26.4 Å². The molecule has 0 saturated carbocycles. The Bertz CT molecular complexity index is 401. The first-order valence-electron chi connectivity index (χ1n) is 5.74. The van der Waals surface area contributed by atoms with E-state index in [0.717, 1.165) is 5.20 Å². The highest BCUT2D eigenvalue weighted by atomic mass is 28.3. The van der Waals surface area contributed by atoms with E-state index in [-0.39, 0.29) is 17.2 Å². The summed E-state index contributed by atoms with van der Waals surface area (Å²) in [5.41, 5.74) is -0.329. The first kappa shape index (κ1) is 13.9. The second kappa shape index (κ2) is 4.60. The molecule has 1 aliphatic rings. The summed E-state index contributed by atoms with van der Waals surface area (Å²) >= 11 is 0. The molecule has 0 fully saturated rings. The zero-order valence-corrected chi connectivity index (χ0v) is 12.2. The van der Waals surface area contributed by atoms with Crippen molar-refractivity contribution in [3.05, 3.63) is 23.4 Å². The minimum Gasteiger partial charge on any atom is -0.465 e. The molecule has 4 heteroatoms. The third-order valence-corrected chi connectivity index (χ3v) is 5.23. The number of carbonyl (C=O) groups is 2. The van der Waals surface area contributed by atoms with Gasteiger partial charge in [0.1, 0.15) is 6.61 Å². The number of esters is 1. The van der Waals surface area contributed by atoms with Gasteiger partial charge in [0.05, 0.1) is 8.07 Å². The molecule has 17 heavy (non-hydrogen) atoms. The highest BCUT2D eigenvalue weighted by molar-refractivity contribution is 6.83. The first-order chi connectivity index (χ1) is 7.65. The molecule has 3 nitrogen and oxygen atoms in total. The zero-order chi connectivity index (χ0) is 13.3. The maximum atomic E-state index is 11.5. The third-order valence-electron chi connectivity index (χ3n) is 2.90. The normalized spacial score (nSPS) is 24.5. The van der Waals surface area contributed by atoms with Crippen LogP contribution in [0, 0.1) is 5.41 Å². The van der Waals surface area contributed by atoms with Crippen LogP contribution >= 0.6 is 0 Å². The van der Waals surface area contributed by atoms with Crippen LogP contribution in [0.4, 0.5) is 0 Å². The van der Waals surface area contributed by atoms with Gasteiger partial charge >= 0.3 is 5.97 Å². The molecule has 1 atom stereocenters. The SMILES string of the molecule is CC(=O)OCC1(C)C=CC(=O)C=C1[Si](C)(C)C. The molecule has 0 aromatic carbocycles. The van der Waals surface area contributed by atoms with E-state index in [1.807, 2.05) is 13.0 Å². The van der Waals surface area contributed by atoms with E-state index in [2.05, 4.69) is 19.6 Å². The van der Waals surface area contributed by atoms with Gasteiger partial charge in [0.15, 0.2) is 5.78 Å². The summed E-state index contributed by atoms with van der Waals surface area (Å²) in [6, 6.07) is 0. The fourth-order valence-electron chi connectivity index (χ4n) is 2.16. The number of rotatable bonds is 3. The Morgan fingerprint density at radius 2 is 2.00 bits per heavy atom. The van der Waals surface area contributed by atoms with E-state index in [1.165, 1.54) is 6.92 Å². The molecule has 0 amide bonds. The Kier molecular flexibility index (Phi) is 3.77. The van der Waals surface area contributed by atoms with Gasteiger partial charge in [-0.05, 0) is 19.1 Å². The fraction of sp³-hybridized carbons (Fsp3) is 0.538. The van der Waals surface area contributed by atoms with Crippen molar-refractivity contribution in [3.63, 3.8) is 0 Å². The topological polar surface area (TPSA) is 43.4 Å². The van der Waals surface area contributed by atoms with Crippen molar-refractivity contribution in [1.82, 2.24) is 0 Å². The van der Waals surface area contributed by atoms with E-state index < -0.39 is 8.07 Å². The van der Waals surface area contributed by atoms with E-state index in [4.69, 9.17) is 4.74 Å². The quantitative estimate of drug-likeness (QED) is 0.572. The molecule has 94 valence electrons. The van der Waals surface area contributed by atoms with Gasteiger partial charge in [-0.2, -0.15) is 0 Å². The predicted molar refractivity (Wildman–Crippen MR) is 70.3 cm³/mol. The molecule has 0 aromatic heterocycles. The lowest BCUT2D eigenvalue weighted by Gasteiger charge is -2.37. The third kappa shape index (κ3) is 3.39. The molecule has 0 spiro atoms. The minimum atomic E-state index is -1.61. The van der Waals surface area contributed by atoms with Crippen LogP contribution in [0.3, 0.4) is 0 Å². The Morgan fingerprint density at radius 1 is 1.41 bits per heavy atom. The Morgan fingerprint density at radius 3 is 2.47 bits per heavy atom. The van der Waals surface area contributed by atoms with Crippen LogP contribution in [0.15, 0.2) is 23.4 Å². The van der Waals surface area contributed by atoms with Crippen molar-refractivity contribution < 1.29 is 14.3 Å². The monoisotopic (exact) mass is 252 g/mol. The van der Waals surface area contributed by atoms with E-state index in [0.29, 0.717) is 6.61 Å². The van der Waals surface area contributed by atoms with Crippen molar-refractivity contribution in [2.75, 3.05) is 6.61 Å². The van der Waals surface area contributed by atoms with Gasteiger partial charge in [0.25, 0.3) is 0 Å². The van der Waals surface area contributed by atoms with Crippen LogP contribution < -0.4 is 0 Å². The molecular weight excluding hydrogens is 232 g/mol. The van der Waals surface area contributed by atoms with Crippen LogP contribution in [0.25, 0.3) is 0 Å². The number of hydrogen-bond donors (Lipinski definition) is 0. The van der Waals surface area contributed by atoms with Gasteiger partial charge in [0, 0.05) is 12.3 Å². The molecule has 0 aliphatic heterocycles. The number of ether oxygens (including phenoxy) is 1. The lowest BCUT2D eigenvalue weighted by Crippen LogP contribution is -2.40. The lowest BCUT2D eigenvalue weighted by atomic mass is 9.86. The molecule has 0 heterocycles. The van der Waals surface area contributed by atoms with Gasteiger partial charge in [0.2, 0.25) is 0 Å². The summed E-state index contributed by atoms with van der Waals surface area (Å²) in [5.74, 6) is -0.255. The first-order valence-corrected chi connectivity index (χ1v) is 9.24. The van der Waals surface area contributed by atoms with E-state index in [1.54, 1.807) is 12.2 Å². The Hall–Kier alpha value is -1.16. The molecule has 1 rings (SSSR count). The summed E-state index contributed by atoms with van der Waals surface area (Å²) in [7, 11) is -1.61. The van der Waals surface area contributed by atoms with Gasteiger partial charge in [-0.1, -0.05) is 30.9 Å². The molecule has 0 saturated heterocycles. The summed E-state index contributed by atoms with van der Waals surface area (Å²) in [6.45, 7) is 10.3. The standard InChI is InChI=1S/C13H20O3Si/c1-10(14)16-9-13(2)7-6-11(15)8-12(13)17(3,4)5/h6-8H,9H2,1-5H3. The number of allylic oxidation sites excluding steroid dienone is 2. The number of ketones is 1. The Balaban J connectivity index is 3.03. The van der Waals surface area contributed by atoms with Crippen molar-refractivity contribution >= 4 is 19.8 Å². The summed E-state index contributed by atoms with van der Waals surface area (Å²) in [6.07, 6.45) is 5.15. The minimum absolute atomic E-state index is 0.0303. The summed E-state index contributed by atoms with van der Waals surface area (Å²) in [5, 5.41) is 1.14. The van der Waals surface area contributed by atoms with Crippen LogP contribution in [0.2, 0.25) is 19.6 Å². The van der Waals surface area contributed by atoms with E-state index >= 15 is 0 Å². The molecular formula is C13H20O3Si. The predicted octanol–water partition coefficient (Wildman–Crippen LogP) is 2.50. The zero-order valence-electron chi connectivity index (χ0n) is 11.2. The smallest absolute Gasteiger partial charge is 0.302 e. The summed E-state index contributed by atoms with van der Waals surface area (Å²) in [4.78, 5) is 22.4. The van der Waals surface area contributed by atoms with Crippen molar-refractivity contribution in [3.8, 4) is 0 Å². The van der Waals surface area contributed by atoms with Crippen molar-refractivity contribution in [2.24, 2.45) is 5.41 Å². The van der Waals surface area contributed by atoms with Crippen molar-refractivity contribution in [2.45, 2.75) is 33.5 Å². The largest absolute Gasteiger partial charge is 0.465 e. The van der Waals surface area contributed by atoms with Gasteiger partial charge in [-0.3, -0.25) is 9.59 Å². The van der Waals surface area contributed by atoms with Gasteiger partial charge < -0.3 is 4.74 Å². The molecule has 0 aromatic rings. The van der Waals surface area contributed by atoms with Crippen LogP contribution in [0.1, 0.15) is 13.8 Å². The second-order valence-corrected chi connectivity index (χ2v) is 10.8. The Labute approximate surface area is 104 Å². The highest BCUT2D eigenvalue weighted by Crippen LogP contribution is 2.37.